The second-order valence-electron chi connectivity index (χ2n) is 10.5. The van der Waals surface area contributed by atoms with Crippen LogP contribution in [-0.2, 0) is 22.8 Å². The lowest BCUT2D eigenvalue weighted by Gasteiger charge is -2.30. The van der Waals surface area contributed by atoms with Crippen molar-refractivity contribution in [3.63, 3.8) is 0 Å². The number of aromatic nitrogens is 2. The first-order valence-electron chi connectivity index (χ1n) is 11.3. The summed E-state index contributed by atoms with van der Waals surface area (Å²) in [5, 5.41) is 0. The Morgan fingerprint density at radius 3 is 2.39 bits per heavy atom. The van der Waals surface area contributed by atoms with E-state index in [-0.39, 0.29) is 17.1 Å². The van der Waals surface area contributed by atoms with Crippen LogP contribution in [0, 0.1) is 17.3 Å². The minimum absolute atomic E-state index is 0.0418. The molecule has 1 saturated heterocycles. The van der Waals surface area contributed by atoms with E-state index in [1.165, 1.54) is 12.8 Å². The van der Waals surface area contributed by atoms with Gasteiger partial charge in [-0.25, -0.2) is 18.2 Å². The average Bonchev–Trinajstić information content (AvgIpc) is 3.43. The third-order valence-corrected chi connectivity index (χ3v) is 8.25. The quantitative estimate of drug-likeness (QED) is 0.733. The number of benzene rings is 1. The van der Waals surface area contributed by atoms with Gasteiger partial charge in [0.05, 0.1) is 21.7 Å². The van der Waals surface area contributed by atoms with Crippen LogP contribution in [0.25, 0.3) is 11.0 Å². The Morgan fingerprint density at radius 2 is 1.81 bits per heavy atom. The number of amides is 2. The fraction of sp³-hybridized carbons (Fsp3) is 0.652. The van der Waals surface area contributed by atoms with Crippen LogP contribution in [0.15, 0.2) is 23.1 Å². The van der Waals surface area contributed by atoms with Crippen LogP contribution in [0.4, 0.5) is 4.79 Å². The van der Waals surface area contributed by atoms with E-state index in [4.69, 9.17) is 10.7 Å². The highest BCUT2D eigenvalue weighted by atomic mass is 32.2. The van der Waals surface area contributed by atoms with E-state index < -0.39 is 15.9 Å². The smallest absolute Gasteiger partial charge is 0.314 e. The molecule has 2 aromatic rings. The van der Waals surface area contributed by atoms with Crippen molar-refractivity contribution in [3.05, 3.63) is 24.0 Å². The Bertz CT molecular complexity index is 1070. The summed E-state index contributed by atoms with van der Waals surface area (Å²) in [5.41, 5.74) is 7.23. The number of likely N-dealkylation sites (tertiary alicyclic amines) is 1. The first kappa shape index (κ1) is 22.1. The summed E-state index contributed by atoms with van der Waals surface area (Å²) in [6.07, 6.45) is 4.70. The van der Waals surface area contributed by atoms with Crippen molar-refractivity contribution in [1.82, 2.24) is 14.5 Å². The van der Waals surface area contributed by atoms with Crippen LogP contribution in [0.1, 0.15) is 52.3 Å². The van der Waals surface area contributed by atoms with Gasteiger partial charge in [-0.05, 0) is 61.1 Å². The molecule has 0 bridgehead atoms. The van der Waals surface area contributed by atoms with Crippen LogP contribution in [0.3, 0.4) is 0 Å². The molecule has 31 heavy (non-hydrogen) atoms. The van der Waals surface area contributed by atoms with E-state index in [9.17, 15) is 13.2 Å². The van der Waals surface area contributed by atoms with Gasteiger partial charge in [-0.3, -0.25) is 0 Å². The van der Waals surface area contributed by atoms with Crippen molar-refractivity contribution in [2.45, 2.75) is 64.3 Å². The number of urea groups is 1. The summed E-state index contributed by atoms with van der Waals surface area (Å²) in [4.78, 5) is 18.1. The molecule has 1 saturated carbocycles. The molecule has 2 amide bonds. The third kappa shape index (κ3) is 5.22. The molecule has 0 unspecified atom stereocenters. The molecule has 1 aromatic carbocycles. The highest BCUT2D eigenvalue weighted by Crippen LogP contribution is 2.34. The molecule has 8 heteroatoms. The maximum Gasteiger partial charge on any atom is 0.314 e. The number of piperidine rings is 1. The van der Waals surface area contributed by atoms with Gasteiger partial charge in [-0.1, -0.05) is 20.8 Å². The van der Waals surface area contributed by atoms with E-state index in [2.05, 4.69) is 25.3 Å². The number of carbonyl (C=O) groups excluding carboxylic acids is 1. The zero-order chi connectivity index (χ0) is 22.4. The summed E-state index contributed by atoms with van der Waals surface area (Å²) >= 11 is 0. The lowest BCUT2D eigenvalue weighted by Crippen LogP contribution is -2.42. The maximum absolute atomic E-state index is 13.1. The molecule has 2 aliphatic rings. The highest BCUT2D eigenvalue weighted by molar-refractivity contribution is 7.91. The second kappa shape index (κ2) is 8.11. The van der Waals surface area contributed by atoms with Crippen molar-refractivity contribution in [2.75, 3.05) is 18.8 Å². The molecule has 7 nitrogen and oxygen atoms in total. The highest BCUT2D eigenvalue weighted by Gasteiger charge is 2.29. The number of nitrogens with zero attached hydrogens (tertiary/aromatic N) is 3. The molecule has 1 aliphatic carbocycles. The van der Waals surface area contributed by atoms with Crippen molar-refractivity contribution in [1.29, 1.82) is 0 Å². The topological polar surface area (TPSA) is 98.3 Å². The molecule has 170 valence electrons. The zero-order valence-electron chi connectivity index (χ0n) is 18.8. The molecular formula is C23H34N4O3S. The lowest BCUT2D eigenvalue weighted by molar-refractivity contribution is 0.183. The average molecular weight is 447 g/mol. The first-order chi connectivity index (χ1) is 14.5. The number of sulfone groups is 1. The van der Waals surface area contributed by atoms with Gasteiger partial charge < -0.3 is 15.2 Å². The molecule has 0 atom stereocenters. The summed E-state index contributed by atoms with van der Waals surface area (Å²) in [6, 6.07) is 4.99. The monoisotopic (exact) mass is 446 g/mol. The van der Waals surface area contributed by atoms with Crippen molar-refractivity contribution in [2.24, 2.45) is 23.0 Å². The van der Waals surface area contributed by atoms with Crippen LogP contribution < -0.4 is 5.73 Å². The standard InChI is InChI=1S/C23H34N4O3S/c1-23(2,3)13-21-25-19-12-18(6-7-20(19)27(21)14-16-4-5-16)31(29,30)15-17-8-10-26(11-9-17)22(24)28/h6-7,12,16-17H,4-5,8-11,13-15H2,1-3H3,(H2,24,28). The van der Waals surface area contributed by atoms with Gasteiger partial charge in [-0.2, -0.15) is 0 Å². The number of primary amides is 1. The largest absolute Gasteiger partial charge is 0.351 e. The number of rotatable bonds is 6. The fourth-order valence-corrected chi connectivity index (χ4v) is 6.16. The van der Waals surface area contributed by atoms with E-state index >= 15 is 0 Å². The molecule has 0 radical (unpaired) electrons. The van der Waals surface area contributed by atoms with Gasteiger partial charge in [0, 0.05) is 26.1 Å². The predicted molar refractivity (Wildman–Crippen MR) is 122 cm³/mol. The summed E-state index contributed by atoms with van der Waals surface area (Å²) in [5.74, 6) is 1.90. The number of carbonyl (C=O) groups is 1. The number of hydrogen-bond donors (Lipinski definition) is 1. The molecule has 1 aromatic heterocycles. The summed E-state index contributed by atoms with van der Waals surface area (Å²) in [7, 11) is -3.42. The Hall–Kier alpha value is -2.09. The predicted octanol–water partition coefficient (Wildman–Crippen LogP) is 3.60. The summed E-state index contributed by atoms with van der Waals surface area (Å²) in [6.45, 7) is 8.62. The third-order valence-electron chi connectivity index (χ3n) is 6.37. The van der Waals surface area contributed by atoms with Gasteiger partial charge in [0.1, 0.15) is 5.82 Å². The van der Waals surface area contributed by atoms with E-state index in [0.717, 1.165) is 29.8 Å². The number of hydrogen-bond acceptors (Lipinski definition) is 4. The zero-order valence-corrected chi connectivity index (χ0v) is 19.6. The van der Waals surface area contributed by atoms with Gasteiger partial charge >= 0.3 is 6.03 Å². The van der Waals surface area contributed by atoms with Gasteiger partial charge in [0.15, 0.2) is 9.84 Å². The van der Waals surface area contributed by atoms with Gasteiger partial charge in [-0.15, -0.1) is 0 Å². The molecule has 2 heterocycles. The fourth-order valence-electron chi connectivity index (χ4n) is 4.45. The minimum atomic E-state index is -3.42. The molecular weight excluding hydrogens is 412 g/mol. The van der Waals surface area contributed by atoms with E-state index in [0.29, 0.717) is 36.7 Å². The number of imidazole rings is 1. The first-order valence-corrected chi connectivity index (χ1v) is 12.9. The van der Waals surface area contributed by atoms with Gasteiger partial charge in [0.2, 0.25) is 0 Å². The lowest BCUT2D eigenvalue weighted by atomic mass is 9.92. The van der Waals surface area contributed by atoms with Crippen LogP contribution >= 0.6 is 0 Å². The van der Waals surface area contributed by atoms with Crippen LogP contribution in [0.5, 0.6) is 0 Å². The Balaban J connectivity index is 1.57. The molecule has 2 fully saturated rings. The minimum Gasteiger partial charge on any atom is -0.351 e. The second-order valence-corrected chi connectivity index (χ2v) is 12.6. The molecule has 4 rings (SSSR count). The van der Waals surface area contributed by atoms with Crippen LogP contribution in [-0.4, -0.2) is 47.7 Å². The molecule has 0 spiro atoms. The SMILES string of the molecule is CC(C)(C)Cc1nc2cc(S(=O)(=O)CC3CCN(C(N)=O)CC3)ccc2n1CC1CC1. The van der Waals surface area contributed by atoms with Crippen molar-refractivity contribution >= 4 is 26.9 Å². The Labute approximate surface area is 184 Å². The summed E-state index contributed by atoms with van der Waals surface area (Å²) < 4.78 is 28.6. The van der Waals surface area contributed by atoms with Gasteiger partial charge in [0.25, 0.3) is 0 Å². The Morgan fingerprint density at radius 1 is 1.13 bits per heavy atom. The van der Waals surface area contributed by atoms with Crippen LogP contribution in [0.2, 0.25) is 0 Å². The molecule has 2 N–H and O–H groups in total. The van der Waals surface area contributed by atoms with Crippen molar-refractivity contribution < 1.29 is 13.2 Å². The van der Waals surface area contributed by atoms with E-state index in [1.807, 2.05) is 6.07 Å². The maximum atomic E-state index is 13.1. The van der Waals surface area contributed by atoms with Crippen molar-refractivity contribution in [3.8, 4) is 0 Å². The van der Waals surface area contributed by atoms with E-state index in [1.54, 1.807) is 17.0 Å². The Kier molecular flexibility index (Phi) is 5.79. The number of fused-ring (bicyclic) bond motifs is 1. The number of nitrogens with two attached hydrogens (primary N) is 1. The normalized spacial score (nSPS) is 18.6. The molecule has 1 aliphatic heterocycles.